The van der Waals surface area contributed by atoms with E-state index >= 15 is 0 Å². The van der Waals surface area contributed by atoms with Crippen molar-refractivity contribution < 1.29 is 4.74 Å². The van der Waals surface area contributed by atoms with Crippen LogP contribution in [0.3, 0.4) is 0 Å². The predicted octanol–water partition coefficient (Wildman–Crippen LogP) is 4.58. The molecule has 2 unspecified atom stereocenters. The summed E-state index contributed by atoms with van der Waals surface area (Å²) in [6.45, 7) is 6.29. The molecule has 0 aliphatic carbocycles. The molecule has 1 saturated heterocycles. The lowest BCUT2D eigenvalue weighted by molar-refractivity contribution is -0.0114. The fraction of sp³-hybridized carbons (Fsp3) is 0.625. The van der Waals surface area contributed by atoms with Crippen molar-refractivity contribution in [2.75, 3.05) is 13.2 Å². The van der Waals surface area contributed by atoms with Gasteiger partial charge in [-0.3, -0.25) is 0 Å². The van der Waals surface area contributed by atoms with Crippen molar-refractivity contribution in [1.82, 2.24) is 5.32 Å². The van der Waals surface area contributed by atoms with Crippen LogP contribution in [0, 0.1) is 0 Å². The first-order valence-electron chi connectivity index (χ1n) is 7.36. The second kappa shape index (κ2) is 7.26. The summed E-state index contributed by atoms with van der Waals surface area (Å²) in [6, 6.07) is 6.43. The van der Waals surface area contributed by atoms with E-state index in [-0.39, 0.29) is 5.60 Å². The number of hydrogen-bond donors (Lipinski definition) is 1. The molecule has 1 N–H and O–H groups in total. The molecular formula is C16H23BrClNO. The van der Waals surface area contributed by atoms with Gasteiger partial charge in [-0.1, -0.05) is 40.5 Å². The Morgan fingerprint density at radius 1 is 1.50 bits per heavy atom. The van der Waals surface area contributed by atoms with Gasteiger partial charge in [0.15, 0.2) is 0 Å². The predicted molar refractivity (Wildman–Crippen MR) is 88.5 cm³/mol. The van der Waals surface area contributed by atoms with Gasteiger partial charge in [0.25, 0.3) is 0 Å². The van der Waals surface area contributed by atoms with Gasteiger partial charge in [-0.25, -0.2) is 0 Å². The lowest BCUT2D eigenvalue weighted by Crippen LogP contribution is -2.50. The van der Waals surface area contributed by atoms with Gasteiger partial charge in [0, 0.05) is 22.1 Å². The molecule has 0 aromatic heterocycles. The molecule has 2 atom stereocenters. The van der Waals surface area contributed by atoms with Gasteiger partial charge < -0.3 is 10.1 Å². The summed E-state index contributed by atoms with van der Waals surface area (Å²) in [6.07, 6.45) is 4.29. The molecular weight excluding hydrogens is 338 g/mol. The monoisotopic (exact) mass is 359 g/mol. The molecule has 0 bridgehead atoms. The standard InChI is InChI=1S/C16H23BrClNO/c1-3-8-19-15(16(2)7-4-9-20-16)10-12-5-6-13(17)11-14(12)18/h5-6,11,15,19H,3-4,7-10H2,1-2H3. The van der Waals surface area contributed by atoms with Crippen LogP contribution in [0.1, 0.15) is 38.7 Å². The van der Waals surface area contributed by atoms with E-state index < -0.39 is 0 Å². The van der Waals surface area contributed by atoms with Crippen molar-refractivity contribution >= 4 is 27.5 Å². The van der Waals surface area contributed by atoms with E-state index in [1.54, 1.807) is 0 Å². The summed E-state index contributed by atoms with van der Waals surface area (Å²) in [5.74, 6) is 0. The van der Waals surface area contributed by atoms with Crippen molar-refractivity contribution in [3.05, 3.63) is 33.3 Å². The first-order valence-corrected chi connectivity index (χ1v) is 8.53. The van der Waals surface area contributed by atoms with Crippen molar-refractivity contribution in [3.8, 4) is 0 Å². The lowest BCUT2D eigenvalue weighted by Gasteiger charge is -2.34. The first-order chi connectivity index (χ1) is 9.55. The van der Waals surface area contributed by atoms with Crippen LogP contribution < -0.4 is 5.32 Å². The molecule has 1 heterocycles. The largest absolute Gasteiger partial charge is 0.374 e. The minimum absolute atomic E-state index is 0.0778. The van der Waals surface area contributed by atoms with Crippen LogP contribution in [0.25, 0.3) is 0 Å². The number of rotatable bonds is 6. The van der Waals surface area contributed by atoms with Gasteiger partial charge in [-0.05, 0) is 56.8 Å². The minimum Gasteiger partial charge on any atom is -0.374 e. The highest BCUT2D eigenvalue weighted by molar-refractivity contribution is 9.10. The van der Waals surface area contributed by atoms with E-state index in [0.717, 1.165) is 48.3 Å². The van der Waals surface area contributed by atoms with Crippen LogP contribution in [0.4, 0.5) is 0 Å². The van der Waals surface area contributed by atoms with Crippen LogP contribution >= 0.6 is 27.5 Å². The Morgan fingerprint density at radius 3 is 2.90 bits per heavy atom. The van der Waals surface area contributed by atoms with Gasteiger partial charge in [0.2, 0.25) is 0 Å². The molecule has 1 aromatic carbocycles. The molecule has 2 rings (SSSR count). The topological polar surface area (TPSA) is 21.3 Å². The Balaban J connectivity index is 2.14. The SMILES string of the molecule is CCCNC(Cc1ccc(Br)cc1Cl)C1(C)CCCO1. The third-order valence-corrected chi connectivity index (χ3v) is 4.91. The van der Waals surface area contributed by atoms with Crippen LogP contribution in [0.2, 0.25) is 5.02 Å². The van der Waals surface area contributed by atoms with E-state index in [0.29, 0.717) is 6.04 Å². The van der Waals surface area contributed by atoms with E-state index in [1.165, 1.54) is 5.56 Å². The number of benzene rings is 1. The maximum atomic E-state index is 6.36. The summed E-state index contributed by atoms with van der Waals surface area (Å²) in [7, 11) is 0. The molecule has 0 saturated carbocycles. The second-order valence-electron chi connectivity index (χ2n) is 5.71. The highest BCUT2D eigenvalue weighted by Crippen LogP contribution is 2.32. The molecule has 4 heteroatoms. The number of nitrogens with one attached hydrogen (secondary N) is 1. The lowest BCUT2D eigenvalue weighted by atomic mass is 9.88. The van der Waals surface area contributed by atoms with Crippen LogP contribution in [0.15, 0.2) is 22.7 Å². The zero-order chi connectivity index (χ0) is 14.6. The fourth-order valence-electron chi connectivity index (χ4n) is 2.81. The van der Waals surface area contributed by atoms with Gasteiger partial charge in [-0.2, -0.15) is 0 Å². The van der Waals surface area contributed by atoms with Crippen molar-refractivity contribution in [2.45, 2.75) is 51.2 Å². The normalized spacial score (nSPS) is 24.0. The summed E-state index contributed by atoms with van der Waals surface area (Å²) >= 11 is 9.82. The molecule has 0 amide bonds. The van der Waals surface area contributed by atoms with Crippen LogP contribution in [0.5, 0.6) is 0 Å². The van der Waals surface area contributed by atoms with E-state index in [4.69, 9.17) is 16.3 Å². The fourth-order valence-corrected chi connectivity index (χ4v) is 3.56. The molecule has 0 spiro atoms. The summed E-state index contributed by atoms with van der Waals surface area (Å²) in [5.41, 5.74) is 1.10. The Bertz CT molecular complexity index is 446. The smallest absolute Gasteiger partial charge is 0.0810 e. The van der Waals surface area contributed by atoms with Crippen molar-refractivity contribution in [2.24, 2.45) is 0 Å². The molecule has 1 aliphatic heterocycles. The molecule has 1 aromatic rings. The summed E-state index contributed by atoms with van der Waals surface area (Å²) < 4.78 is 7.04. The van der Waals surface area contributed by atoms with Gasteiger partial charge in [-0.15, -0.1) is 0 Å². The zero-order valence-corrected chi connectivity index (χ0v) is 14.6. The van der Waals surface area contributed by atoms with Crippen molar-refractivity contribution in [1.29, 1.82) is 0 Å². The van der Waals surface area contributed by atoms with Crippen LogP contribution in [-0.2, 0) is 11.2 Å². The number of halogens is 2. The van der Waals surface area contributed by atoms with Gasteiger partial charge in [0.05, 0.1) is 5.60 Å². The molecule has 20 heavy (non-hydrogen) atoms. The van der Waals surface area contributed by atoms with Gasteiger partial charge in [0.1, 0.15) is 0 Å². The Labute approximate surface area is 135 Å². The molecule has 2 nitrogen and oxygen atoms in total. The third-order valence-electron chi connectivity index (χ3n) is 4.07. The highest BCUT2D eigenvalue weighted by Gasteiger charge is 2.38. The minimum atomic E-state index is -0.0778. The molecule has 1 aliphatic rings. The molecule has 112 valence electrons. The van der Waals surface area contributed by atoms with E-state index in [2.05, 4.69) is 47.2 Å². The maximum absolute atomic E-state index is 6.36. The quantitative estimate of drug-likeness (QED) is 0.801. The molecule has 0 radical (unpaired) electrons. The Morgan fingerprint density at radius 2 is 2.30 bits per heavy atom. The van der Waals surface area contributed by atoms with Gasteiger partial charge >= 0.3 is 0 Å². The maximum Gasteiger partial charge on any atom is 0.0810 e. The average molecular weight is 361 g/mol. The zero-order valence-electron chi connectivity index (χ0n) is 12.2. The average Bonchev–Trinajstić information content (AvgIpc) is 2.84. The number of ether oxygens (including phenoxy) is 1. The molecule has 1 fully saturated rings. The third kappa shape index (κ3) is 3.97. The van der Waals surface area contributed by atoms with E-state index in [1.807, 2.05) is 6.07 Å². The van der Waals surface area contributed by atoms with Crippen molar-refractivity contribution in [3.63, 3.8) is 0 Å². The highest BCUT2D eigenvalue weighted by atomic mass is 79.9. The number of hydrogen-bond acceptors (Lipinski definition) is 2. The van der Waals surface area contributed by atoms with E-state index in [9.17, 15) is 0 Å². The van der Waals surface area contributed by atoms with Crippen LogP contribution in [-0.4, -0.2) is 24.8 Å². The Hall–Kier alpha value is -0.0900. The summed E-state index contributed by atoms with van der Waals surface area (Å²) in [5, 5.41) is 4.47. The second-order valence-corrected chi connectivity index (χ2v) is 7.03. The Kier molecular flexibility index (Phi) is 5.91. The first kappa shape index (κ1) is 16.3. The summed E-state index contributed by atoms with van der Waals surface area (Å²) in [4.78, 5) is 0.